The lowest BCUT2D eigenvalue weighted by molar-refractivity contribution is -0.129. The Balaban J connectivity index is 1.86. The van der Waals surface area contributed by atoms with E-state index >= 15 is 0 Å². The highest BCUT2D eigenvalue weighted by atomic mass is 35.5. The maximum Gasteiger partial charge on any atom is 0.227 e. The van der Waals surface area contributed by atoms with E-state index in [9.17, 15) is 13.2 Å². The molecule has 2 heterocycles. The highest BCUT2D eigenvalue weighted by molar-refractivity contribution is 7.91. The standard InChI is InChI=1S/C17H20ClN5O4S/c1-11(24)22-5-7-23(8-6-22)17-20-10-15(16(19)21-17)28(25,26)12-3-4-14(27-2)13(18)9-12/h3-4,9-10H,5-8H2,1-2H3,(H2,19,20,21). The van der Waals surface area contributed by atoms with Crippen LogP contribution in [0.3, 0.4) is 0 Å². The third kappa shape index (κ3) is 3.83. The summed E-state index contributed by atoms with van der Waals surface area (Å²) in [6, 6.07) is 4.15. The van der Waals surface area contributed by atoms with Gasteiger partial charge >= 0.3 is 0 Å². The Bertz CT molecular complexity index is 1010. The number of ether oxygens (including phenoxy) is 1. The molecule has 0 radical (unpaired) electrons. The fraction of sp³-hybridized carbons (Fsp3) is 0.353. The summed E-state index contributed by atoms with van der Waals surface area (Å²) >= 11 is 6.04. The van der Waals surface area contributed by atoms with Crippen LogP contribution in [0.4, 0.5) is 11.8 Å². The zero-order valence-corrected chi connectivity index (χ0v) is 17.0. The highest BCUT2D eigenvalue weighted by Crippen LogP contribution is 2.31. The molecule has 1 aromatic carbocycles. The molecule has 28 heavy (non-hydrogen) atoms. The molecular formula is C17H20ClN5O4S. The molecule has 0 aliphatic carbocycles. The van der Waals surface area contributed by atoms with Crippen molar-refractivity contribution in [3.8, 4) is 5.75 Å². The Labute approximate surface area is 168 Å². The van der Waals surface area contributed by atoms with E-state index < -0.39 is 9.84 Å². The van der Waals surface area contributed by atoms with E-state index in [1.165, 1.54) is 38.4 Å². The Morgan fingerprint density at radius 3 is 2.46 bits per heavy atom. The summed E-state index contributed by atoms with van der Waals surface area (Å²) < 4.78 is 30.8. The van der Waals surface area contributed by atoms with Crippen molar-refractivity contribution in [1.82, 2.24) is 14.9 Å². The molecule has 2 N–H and O–H groups in total. The third-order valence-corrected chi connectivity index (χ3v) is 6.56. The normalized spacial score (nSPS) is 14.8. The first-order chi connectivity index (χ1) is 13.2. The fourth-order valence-corrected chi connectivity index (χ4v) is 4.51. The highest BCUT2D eigenvalue weighted by Gasteiger charge is 2.26. The molecular weight excluding hydrogens is 406 g/mol. The molecule has 3 rings (SSSR count). The molecule has 1 aliphatic rings. The van der Waals surface area contributed by atoms with Crippen LogP contribution in [-0.2, 0) is 14.6 Å². The lowest BCUT2D eigenvalue weighted by Crippen LogP contribution is -2.48. The lowest BCUT2D eigenvalue weighted by Gasteiger charge is -2.34. The van der Waals surface area contributed by atoms with Gasteiger partial charge in [-0.25, -0.2) is 13.4 Å². The molecule has 0 bridgehead atoms. The fourth-order valence-electron chi connectivity index (χ4n) is 2.90. The lowest BCUT2D eigenvalue weighted by atomic mass is 10.3. The average molecular weight is 426 g/mol. The maximum atomic E-state index is 12.9. The molecule has 1 aliphatic heterocycles. The van der Waals surface area contributed by atoms with Crippen molar-refractivity contribution in [2.75, 3.05) is 43.9 Å². The van der Waals surface area contributed by atoms with Crippen LogP contribution in [0, 0.1) is 0 Å². The number of nitrogens with zero attached hydrogens (tertiary/aromatic N) is 4. The van der Waals surface area contributed by atoms with E-state index in [2.05, 4.69) is 9.97 Å². The number of methoxy groups -OCH3 is 1. The van der Waals surface area contributed by atoms with Gasteiger partial charge in [-0.1, -0.05) is 11.6 Å². The maximum absolute atomic E-state index is 12.9. The van der Waals surface area contributed by atoms with Gasteiger partial charge < -0.3 is 20.3 Å². The number of halogens is 1. The van der Waals surface area contributed by atoms with Crippen LogP contribution in [0.25, 0.3) is 0 Å². The second-order valence-corrected chi connectivity index (χ2v) is 8.54. The van der Waals surface area contributed by atoms with Crippen molar-refractivity contribution in [2.24, 2.45) is 0 Å². The van der Waals surface area contributed by atoms with Crippen LogP contribution in [0.5, 0.6) is 5.75 Å². The monoisotopic (exact) mass is 425 g/mol. The van der Waals surface area contributed by atoms with Gasteiger partial charge in [0.2, 0.25) is 21.7 Å². The average Bonchev–Trinajstić information content (AvgIpc) is 2.67. The number of carbonyl (C=O) groups excluding carboxylic acids is 1. The number of nitrogen functional groups attached to an aromatic ring is 1. The van der Waals surface area contributed by atoms with Gasteiger partial charge in [0, 0.05) is 33.1 Å². The van der Waals surface area contributed by atoms with E-state index in [0.717, 1.165) is 0 Å². The van der Waals surface area contributed by atoms with Gasteiger partial charge in [-0.3, -0.25) is 4.79 Å². The number of anilines is 2. The van der Waals surface area contributed by atoms with Crippen molar-refractivity contribution in [3.63, 3.8) is 0 Å². The minimum atomic E-state index is -3.95. The van der Waals surface area contributed by atoms with Gasteiger partial charge in [-0.15, -0.1) is 0 Å². The van der Waals surface area contributed by atoms with Gasteiger partial charge in [0.1, 0.15) is 16.5 Å². The van der Waals surface area contributed by atoms with Crippen LogP contribution in [0.2, 0.25) is 5.02 Å². The quantitative estimate of drug-likeness (QED) is 0.776. The summed E-state index contributed by atoms with van der Waals surface area (Å²) in [7, 11) is -2.51. The van der Waals surface area contributed by atoms with E-state index in [1.807, 2.05) is 4.90 Å². The van der Waals surface area contributed by atoms with Crippen molar-refractivity contribution in [2.45, 2.75) is 16.7 Å². The summed E-state index contributed by atoms with van der Waals surface area (Å²) in [5.74, 6) is 0.558. The molecule has 0 saturated carbocycles. The molecule has 1 aromatic heterocycles. The Morgan fingerprint density at radius 1 is 1.25 bits per heavy atom. The first-order valence-electron chi connectivity index (χ1n) is 8.45. The van der Waals surface area contributed by atoms with Gasteiger partial charge in [-0.2, -0.15) is 4.98 Å². The first kappa shape index (κ1) is 20.2. The minimum absolute atomic E-state index is 0.0136. The number of benzene rings is 1. The van der Waals surface area contributed by atoms with Crippen LogP contribution in [0.15, 0.2) is 34.2 Å². The summed E-state index contributed by atoms with van der Waals surface area (Å²) in [5, 5.41) is 0.169. The number of hydrogen-bond acceptors (Lipinski definition) is 8. The number of amides is 1. The molecule has 0 unspecified atom stereocenters. The number of nitrogens with two attached hydrogens (primary N) is 1. The smallest absolute Gasteiger partial charge is 0.227 e. The second kappa shape index (κ2) is 7.80. The van der Waals surface area contributed by atoms with E-state index in [4.69, 9.17) is 22.1 Å². The van der Waals surface area contributed by atoms with Gasteiger partial charge in [0.15, 0.2) is 0 Å². The van der Waals surface area contributed by atoms with Gasteiger partial charge in [0.25, 0.3) is 0 Å². The van der Waals surface area contributed by atoms with Gasteiger partial charge in [-0.05, 0) is 18.2 Å². The SMILES string of the molecule is COc1ccc(S(=O)(=O)c2cnc(N3CCN(C(C)=O)CC3)nc2N)cc1Cl. The van der Waals surface area contributed by atoms with Crippen LogP contribution in [-0.4, -0.2) is 62.5 Å². The molecule has 2 aromatic rings. The largest absolute Gasteiger partial charge is 0.495 e. The molecule has 1 fully saturated rings. The number of hydrogen-bond donors (Lipinski definition) is 1. The van der Waals surface area contributed by atoms with Crippen molar-refractivity contribution >= 4 is 39.1 Å². The molecule has 0 spiro atoms. The predicted molar refractivity (Wildman–Crippen MR) is 104 cm³/mol. The molecule has 1 saturated heterocycles. The van der Waals surface area contributed by atoms with E-state index in [0.29, 0.717) is 37.9 Å². The van der Waals surface area contributed by atoms with Crippen LogP contribution >= 0.6 is 11.6 Å². The number of aromatic nitrogens is 2. The Hall–Kier alpha value is -2.59. The minimum Gasteiger partial charge on any atom is -0.495 e. The number of rotatable bonds is 4. The zero-order valence-electron chi connectivity index (χ0n) is 15.4. The van der Waals surface area contributed by atoms with Crippen molar-refractivity contribution in [1.29, 1.82) is 0 Å². The van der Waals surface area contributed by atoms with Crippen molar-refractivity contribution in [3.05, 3.63) is 29.4 Å². The van der Waals surface area contributed by atoms with Crippen LogP contribution in [0.1, 0.15) is 6.92 Å². The van der Waals surface area contributed by atoms with Gasteiger partial charge in [0.05, 0.1) is 23.2 Å². The Morgan fingerprint density at radius 2 is 1.93 bits per heavy atom. The number of piperazine rings is 1. The van der Waals surface area contributed by atoms with Crippen LogP contribution < -0.4 is 15.4 Å². The number of carbonyl (C=O) groups is 1. The Kier molecular flexibility index (Phi) is 5.61. The summed E-state index contributed by atoms with van der Waals surface area (Å²) in [4.78, 5) is 23.1. The summed E-state index contributed by atoms with van der Waals surface area (Å²) in [6.45, 7) is 3.69. The third-order valence-electron chi connectivity index (χ3n) is 4.50. The topological polar surface area (TPSA) is 119 Å². The molecule has 1 amide bonds. The zero-order chi connectivity index (χ0) is 20.5. The molecule has 9 nitrogen and oxygen atoms in total. The predicted octanol–water partition coefficient (Wildman–Crippen LogP) is 1.22. The van der Waals surface area contributed by atoms with E-state index in [1.54, 1.807) is 4.90 Å². The summed E-state index contributed by atoms with van der Waals surface area (Å²) in [6.07, 6.45) is 1.20. The number of sulfone groups is 1. The van der Waals surface area contributed by atoms with Crippen molar-refractivity contribution < 1.29 is 17.9 Å². The summed E-state index contributed by atoms with van der Waals surface area (Å²) in [5.41, 5.74) is 5.94. The molecule has 0 atom stereocenters. The molecule has 150 valence electrons. The van der Waals surface area contributed by atoms with E-state index in [-0.39, 0.29) is 26.5 Å². The second-order valence-electron chi connectivity index (χ2n) is 6.21. The first-order valence-corrected chi connectivity index (χ1v) is 10.3. The molecule has 11 heteroatoms.